The van der Waals surface area contributed by atoms with E-state index in [0.717, 1.165) is 5.56 Å². The molecule has 0 aliphatic rings. The van der Waals surface area contributed by atoms with Crippen LogP contribution in [0.25, 0.3) is 0 Å². The molecule has 0 bridgehead atoms. The number of carbonyl (C=O) groups is 3. The lowest BCUT2D eigenvalue weighted by Gasteiger charge is -2.16. The Hall–Kier alpha value is -2.61. The van der Waals surface area contributed by atoms with E-state index in [4.69, 9.17) is 10.5 Å². The van der Waals surface area contributed by atoms with E-state index < -0.39 is 24.0 Å². The van der Waals surface area contributed by atoms with E-state index in [-0.39, 0.29) is 13.2 Å². The van der Waals surface area contributed by atoms with Gasteiger partial charge in [0, 0.05) is 6.54 Å². The summed E-state index contributed by atoms with van der Waals surface area (Å²) in [6, 6.07) is 8.65. The van der Waals surface area contributed by atoms with E-state index in [1.54, 1.807) is 0 Å². The largest absolute Gasteiger partial charge is 0.467 e. The fourth-order valence-electron chi connectivity index (χ4n) is 2.08. The van der Waals surface area contributed by atoms with Gasteiger partial charge in [0.1, 0.15) is 12.6 Å². The van der Waals surface area contributed by atoms with Gasteiger partial charge in [0.15, 0.2) is 0 Å². The number of carbonyl (C=O) groups excluding carboxylic acids is 3. The van der Waals surface area contributed by atoms with E-state index in [1.807, 2.05) is 30.3 Å². The van der Waals surface area contributed by atoms with Crippen LogP contribution in [0.5, 0.6) is 0 Å². The van der Waals surface area contributed by atoms with Crippen LogP contribution >= 0.6 is 0 Å². The first-order valence-corrected chi connectivity index (χ1v) is 8.08. The zero-order valence-electron chi connectivity index (χ0n) is 14.3. The molecule has 0 aliphatic heterocycles. The molecule has 0 unspecified atom stereocenters. The van der Waals surface area contributed by atoms with Crippen molar-refractivity contribution in [2.75, 3.05) is 20.2 Å². The number of alkyl carbamates (subject to hydrolysis) is 1. The molecule has 0 radical (unpaired) electrons. The number of esters is 1. The van der Waals surface area contributed by atoms with Crippen molar-refractivity contribution in [3.05, 3.63) is 35.9 Å². The highest BCUT2D eigenvalue weighted by molar-refractivity contribution is 5.85. The Bertz CT molecular complexity index is 550. The molecule has 0 heterocycles. The van der Waals surface area contributed by atoms with Gasteiger partial charge in [-0.3, -0.25) is 4.79 Å². The van der Waals surface area contributed by atoms with Crippen LogP contribution in [0, 0.1) is 0 Å². The molecule has 2 amide bonds. The molecule has 0 saturated heterocycles. The van der Waals surface area contributed by atoms with Crippen LogP contribution in [0.15, 0.2) is 30.3 Å². The first-order chi connectivity index (χ1) is 12.1. The Morgan fingerprint density at radius 3 is 2.52 bits per heavy atom. The first-order valence-electron chi connectivity index (χ1n) is 8.08. The Labute approximate surface area is 147 Å². The third-order valence-electron chi connectivity index (χ3n) is 3.41. The quantitative estimate of drug-likeness (QED) is 0.422. The molecular formula is C17H25N3O5. The number of nitrogens with two attached hydrogens (primary N) is 1. The first kappa shape index (κ1) is 20.4. The molecule has 25 heavy (non-hydrogen) atoms. The molecule has 0 spiro atoms. The molecule has 8 nitrogen and oxygen atoms in total. The summed E-state index contributed by atoms with van der Waals surface area (Å²) in [5.74, 6) is -0.935. The van der Waals surface area contributed by atoms with Crippen molar-refractivity contribution < 1.29 is 23.9 Å². The minimum absolute atomic E-state index is 0.192. The van der Waals surface area contributed by atoms with Gasteiger partial charge >= 0.3 is 12.1 Å². The van der Waals surface area contributed by atoms with Crippen molar-refractivity contribution >= 4 is 18.0 Å². The van der Waals surface area contributed by atoms with Crippen molar-refractivity contribution in [1.29, 1.82) is 0 Å². The second-order valence-corrected chi connectivity index (χ2v) is 5.33. The maximum Gasteiger partial charge on any atom is 0.407 e. The highest BCUT2D eigenvalue weighted by Crippen LogP contribution is 2.03. The number of methoxy groups -OCH3 is 1. The number of nitrogens with one attached hydrogen (secondary N) is 2. The lowest BCUT2D eigenvalue weighted by molar-refractivity contribution is -0.145. The Balaban J connectivity index is 2.19. The third kappa shape index (κ3) is 8.71. The van der Waals surface area contributed by atoms with Gasteiger partial charge in [-0.15, -0.1) is 0 Å². The summed E-state index contributed by atoms with van der Waals surface area (Å²) in [5, 5.41) is 5.14. The molecule has 1 rings (SSSR count). The van der Waals surface area contributed by atoms with Gasteiger partial charge in [0.05, 0.1) is 13.7 Å². The number of rotatable bonds is 10. The minimum atomic E-state index is -0.730. The average Bonchev–Trinajstić information content (AvgIpc) is 2.65. The van der Waals surface area contributed by atoms with Gasteiger partial charge in [-0.05, 0) is 24.8 Å². The fraction of sp³-hybridized carbons (Fsp3) is 0.471. The maximum absolute atomic E-state index is 11.6. The van der Waals surface area contributed by atoms with Crippen LogP contribution in [0.3, 0.4) is 0 Å². The monoisotopic (exact) mass is 351 g/mol. The van der Waals surface area contributed by atoms with Crippen molar-refractivity contribution in [2.24, 2.45) is 5.73 Å². The average molecular weight is 351 g/mol. The van der Waals surface area contributed by atoms with E-state index >= 15 is 0 Å². The van der Waals surface area contributed by atoms with Crippen LogP contribution in [0.2, 0.25) is 0 Å². The molecule has 1 aromatic rings. The topological polar surface area (TPSA) is 120 Å². The maximum atomic E-state index is 11.6. The number of unbranched alkanes of at least 4 members (excludes halogenated alkanes) is 1. The molecule has 1 aromatic carbocycles. The number of benzene rings is 1. The molecule has 138 valence electrons. The molecule has 8 heteroatoms. The minimum Gasteiger partial charge on any atom is -0.467 e. The van der Waals surface area contributed by atoms with Crippen LogP contribution in [-0.2, 0) is 25.7 Å². The molecule has 0 saturated carbocycles. The van der Waals surface area contributed by atoms with Crippen molar-refractivity contribution in [3.8, 4) is 0 Å². The van der Waals surface area contributed by atoms with Crippen molar-refractivity contribution in [3.63, 3.8) is 0 Å². The van der Waals surface area contributed by atoms with Crippen LogP contribution in [0.4, 0.5) is 4.79 Å². The second-order valence-electron chi connectivity index (χ2n) is 5.33. The van der Waals surface area contributed by atoms with Gasteiger partial charge in [-0.1, -0.05) is 30.3 Å². The highest BCUT2D eigenvalue weighted by Gasteiger charge is 2.20. The zero-order valence-corrected chi connectivity index (χ0v) is 14.3. The summed E-state index contributed by atoms with van der Waals surface area (Å²) in [6.45, 7) is 0.427. The number of hydrogen-bond acceptors (Lipinski definition) is 6. The summed E-state index contributed by atoms with van der Waals surface area (Å²) in [7, 11) is 1.26. The van der Waals surface area contributed by atoms with E-state index in [0.29, 0.717) is 25.8 Å². The molecular weight excluding hydrogens is 326 g/mol. The predicted octanol–water partition coefficient (Wildman–Crippen LogP) is 0.700. The van der Waals surface area contributed by atoms with E-state index in [1.165, 1.54) is 7.11 Å². The van der Waals surface area contributed by atoms with Crippen LogP contribution < -0.4 is 16.4 Å². The summed E-state index contributed by atoms with van der Waals surface area (Å²) < 4.78 is 9.73. The predicted molar refractivity (Wildman–Crippen MR) is 91.5 cm³/mol. The number of amides is 2. The van der Waals surface area contributed by atoms with Gasteiger partial charge in [-0.2, -0.15) is 0 Å². The Kier molecular flexibility index (Phi) is 9.69. The summed E-state index contributed by atoms with van der Waals surface area (Å²) in [5.41, 5.74) is 6.13. The summed E-state index contributed by atoms with van der Waals surface area (Å²) >= 11 is 0. The fourth-order valence-corrected chi connectivity index (χ4v) is 2.08. The van der Waals surface area contributed by atoms with Crippen LogP contribution in [-0.4, -0.2) is 44.2 Å². The van der Waals surface area contributed by atoms with E-state index in [9.17, 15) is 14.4 Å². The molecule has 4 N–H and O–H groups in total. The van der Waals surface area contributed by atoms with Gasteiger partial charge in [-0.25, -0.2) is 9.59 Å². The van der Waals surface area contributed by atoms with Gasteiger partial charge in [0.25, 0.3) is 0 Å². The third-order valence-corrected chi connectivity index (χ3v) is 3.41. The number of hydrogen-bond donors (Lipinski definition) is 3. The lowest BCUT2D eigenvalue weighted by Crippen LogP contribution is -2.44. The van der Waals surface area contributed by atoms with Crippen LogP contribution in [0.1, 0.15) is 24.8 Å². The summed E-state index contributed by atoms with van der Waals surface area (Å²) in [6.07, 6.45) is 1.15. The standard InChI is InChI=1S/C17H25N3O5/c1-24-16(22)14(20-15(21)11-18)9-5-6-10-19-17(23)25-12-13-7-3-2-4-8-13/h2-4,7-8,14H,5-6,9-12,18H2,1H3,(H,19,23)(H,20,21)/t14-/m1/s1. The summed E-state index contributed by atoms with van der Waals surface area (Å²) in [4.78, 5) is 34.5. The van der Waals surface area contributed by atoms with Gasteiger partial charge < -0.3 is 25.8 Å². The smallest absolute Gasteiger partial charge is 0.407 e. The molecule has 1 atom stereocenters. The molecule has 0 aliphatic carbocycles. The lowest BCUT2D eigenvalue weighted by atomic mass is 10.1. The normalized spacial score (nSPS) is 11.3. The Morgan fingerprint density at radius 2 is 1.88 bits per heavy atom. The highest BCUT2D eigenvalue weighted by atomic mass is 16.5. The number of ether oxygens (including phenoxy) is 2. The molecule has 0 fully saturated rings. The van der Waals surface area contributed by atoms with Crippen molar-refractivity contribution in [2.45, 2.75) is 31.9 Å². The molecule has 0 aromatic heterocycles. The second kappa shape index (κ2) is 11.9. The Morgan fingerprint density at radius 1 is 1.16 bits per heavy atom. The zero-order chi connectivity index (χ0) is 18.5. The van der Waals surface area contributed by atoms with Gasteiger partial charge in [0.2, 0.25) is 5.91 Å². The van der Waals surface area contributed by atoms with E-state index in [2.05, 4.69) is 15.4 Å². The van der Waals surface area contributed by atoms with Crippen molar-refractivity contribution in [1.82, 2.24) is 10.6 Å². The SMILES string of the molecule is COC(=O)[C@@H](CCCCNC(=O)OCc1ccccc1)NC(=O)CN.